The Morgan fingerprint density at radius 2 is 2.11 bits per heavy atom. The molecule has 1 heterocycles. The third-order valence-corrected chi connectivity index (χ3v) is 5.53. The molecular weight excluding hydrogens is 384 g/mol. The molecule has 2 rings (SSSR count). The molecule has 1 aromatic heterocycles. The quantitative estimate of drug-likeness (QED) is 0.382. The van der Waals surface area contributed by atoms with Gasteiger partial charge in [-0.05, 0) is 37.6 Å². The van der Waals surface area contributed by atoms with Crippen molar-refractivity contribution in [2.24, 2.45) is 4.99 Å². The van der Waals surface area contributed by atoms with E-state index < -0.39 is 20.6 Å². The van der Waals surface area contributed by atoms with Crippen molar-refractivity contribution < 1.29 is 17.4 Å². The van der Waals surface area contributed by atoms with E-state index in [2.05, 4.69) is 11.6 Å². The van der Waals surface area contributed by atoms with E-state index in [9.17, 15) is 12.6 Å². The van der Waals surface area contributed by atoms with Crippen molar-refractivity contribution in [3.63, 3.8) is 0 Å². The second kappa shape index (κ2) is 9.14. The number of aliphatic imine (C=N–C) groups is 1. The second-order valence-electron chi connectivity index (χ2n) is 6.02. The number of aromatic nitrogens is 1. The molecule has 0 radical (unpaired) electrons. The monoisotopic (exact) mass is 408 g/mol. The molecule has 27 heavy (non-hydrogen) atoms. The lowest BCUT2D eigenvalue weighted by molar-refractivity contribution is 0.321. The van der Waals surface area contributed by atoms with Crippen LogP contribution in [0.3, 0.4) is 0 Å². The van der Waals surface area contributed by atoms with Crippen molar-refractivity contribution in [1.82, 2.24) is 4.57 Å². The Balaban J connectivity index is 2.32. The summed E-state index contributed by atoms with van der Waals surface area (Å²) in [6.07, 6.45) is 8.71. The van der Waals surface area contributed by atoms with E-state index in [4.69, 9.17) is 4.74 Å². The van der Waals surface area contributed by atoms with Gasteiger partial charge in [0, 0.05) is 24.1 Å². The van der Waals surface area contributed by atoms with Crippen LogP contribution in [0.1, 0.15) is 13.3 Å². The summed E-state index contributed by atoms with van der Waals surface area (Å²) in [5.74, 6) is 1.37. The van der Waals surface area contributed by atoms with Crippen LogP contribution in [0.15, 0.2) is 59.2 Å². The normalized spacial score (nSPS) is 14.0. The van der Waals surface area contributed by atoms with Crippen LogP contribution in [0.4, 0.5) is 0 Å². The molecule has 8 heteroatoms. The minimum absolute atomic E-state index is 0.0956. The van der Waals surface area contributed by atoms with E-state index in [0.717, 1.165) is 10.9 Å². The fraction of sp³-hybridized carbons (Fsp3) is 0.316. The molecule has 1 atom stereocenters. The summed E-state index contributed by atoms with van der Waals surface area (Å²) in [7, 11) is -4.24. The van der Waals surface area contributed by atoms with Crippen LogP contribution < -0.4 is 4.74 Å². The van der Waals surface area contributed by atoms with Crippen LogP contribution >= 0.6 is 0 Å². The van der Waals surface area contributed by atoms with Gasteiger partial charge in [-0.15, -0.1) is 0 Å². The number of nitrogens with zero attached hydrogens (tertiary/aromatic N) is 2. The molecule has 0 aliphatic heterocycles. The molecule has 146 valence electrons. The van der Waals surface area contributed by atoms with Crippen molar-refractivity contribution in [2.75, 3.05) is 24.9 Å². The van der Waals surface area contributed by atoms with E-state index in [1.54, 1.807) is 0 Å². The van der Waals surface area contributed by atoms with Gasteiger partial charge in [0.25, 0.3) is 0 Å². The van der Waals surface area contributed by atoms with E-state index in [1.807, 2.05) is 54.1 Å². The SMILES string of the molecule is C=C(/N=C(\C=C/C)n1ccc2c(OCCCS(C)(=O)=O)cccc21)S(C)=O. The van der Waals surface area contributed by atoms with Gasteiger partial charge in [0.15, 0.2) is 0 Å². The summed E-state index contributed by atoms with van der Waals surface area (Å²) < 4.78 is 41.7. The van der Waals surface area contributed by atoms with Gasteiger partial charge in [0.05, 0.1) is 28.7 Å². The molecule has 0 bridgehead atoms. The van der Waals surface area contributed by atoms with Gasteiger partial charge in [-0.25, -0.2) is 13.4 Å². The predicted molar refractivity (Wildman–Crippen MR) is 113 cm³/mol. The molecular formula is C19H24N2O4S2. The highest BCUT2D eigenvalue weighted by Crippen LogP contribution is 2.27. The minimum Gasteiger partial charge on any atom is -0.493 e. The molecule has 0 saturated carbocycles. The zero-order valence-electron chi connectivity index (χ0n) is 15.7. The van der Waals surface area contributed by atoms with E-state index in [-0.39, 0.29) is 10.8 Å². The van der Waals surface area contributed by atoms with Crippen LogP contribution in [0.25, 0.3) is 10.9 Å². The maximum atomic E-state index is 11.6. The van der Waals surface area contributed by atoms with Gasteiger partial charge in [0.1, 0.15) is 26.5 Å². The fourth-order valence-electron chi connectivity index (χ4n) is 2.48. The minimum atomic E-state index is -2.99. The first-order valence-electron chi connectivity index (χ1n) is 8.37. The first-order chi connectivity index (χ1) is 12.7. The van der Waals surface area contributed by atoms with Crippen molar-refractivity contribution in [3.05, 3.63) is 54.2 Å². The molecule has 0 fully saturated rings. The largest absolute Gasteiger partial charge is 0.493 e. The first-order valence-corrected chi connectivity index (χ1v) is 12.0. The van der Waals surface area contributed by atoms with Gasteiger partial charge in [-0.2, -0.15) is 0 Å². The molecule has 1 aromatic carbocycles. The Morgan fingerprint density at radius 1 is 1.37 bits per heavy atom. The van der Waals surface area contributed by atoms with Gasteiger partial charge in [-0.1, -0.05) is 18.7 Å². The summed E-state index contributed by atoms with van der Waals surface area (Å²) in [4.78, 5) is 4.38. The average molecular weight is 409 g/mol. The number of ether oxygens (including phenoxy) is 1. The maximum absolute atomic E-state index is 11.6. The van der Waals surface area contributed by atoms with Crippen molar-refractivity contribution in [3.8, 4) is 5.75 Å². The number of hydrogen-bond donors (Lipinski definition) is 0. The predicted octanol–water partition coefficient (Wildman–Crippen LogP) is 3.13. The topological polar surface area (TPSA) is 77.7 Å². The standard InChI is InChI=1S/C19H24N2O4S2/c1-5-8-19(20-15(2)26(3)22)21-12-11-16-17(21)9-6-10-18(16)25-13-7-14-27(4,23)24/h5-6,8-12H,2,7,13-14H2,1,3-4H3/b8-5-,20-19+. The lowest BCUT2D eigenvalue weighted by Gasteiger charge is -2.09. The molecule has 2 aromatic rings. The molecule has 0 aliphatic carbocycles. The Hall–Kier alpha value is -2.19. The highest BCUT2D eigenvalue weighted by molar-refractivity contribution is 7.90. The molecule has 0 amide bonds. The summed E-state index contributed by atoms with van der Waals surface area (Å²) in [5, 5.41) is 1.18. The summed E-state index contributed by atoms with van der Waals surface area (Å²) in [6, 6.07) is 7.56. The van der Waals surface area contributed by atoms with E-state index >= 15 is 0 Å². The Morgan fingerprint density at radius 3 is 2.74 bits per heavy atom. The smallest absolute Gasteiger partial charge is 0.147 e. The highest BCUT2D eigenvalue weighted by atomic mass is 32.2. The van der Waals surface area contributed by atoms with Crippen molar-refractivity contribution >= 4 is 37.4 Å². The van der Waals surface area contributed by atoms with Crippen molar-refractivity contribution in [1.29, 1.82) is 0 Å². The molecule has 6 nitrogen and oxygen atoms in total. The fourth-order valence-corrected chi connectivity index (χ4v) is 3.35. The summed E-state index contributed by atoms with van der Waals surface area (Å²) >= 11 is 0. The highest BCUT2D eigenvalue weighted by Gasteiger charge is 2.11. The molecule has 0 N–H and O–H groups in total. The third kappa shape index (κ3) is 5.90. The number of benzene rings is 1. The Bertz CT molecular complexity index is 1020. The summed E-state index contributed by atoms with van der Waals surface area (Å²) in [5.41, 5.74) is 0.877. The Kier molecular flexibility index (Phi) is 7.15. The lowest BCUT2D eigenvalue weighted by atomic mass is 10.2. The maximum Gasteiger partial charge on any atom is 0.147 e. The number of fused-ring (bicyclic) bond motifs is 1. The third-order valence-electron chi connectivity index (χ3n) is 3.74. The van der Waals surface area contributed by atoms with E-state index in [0.29, 0.717) is 24.6 Å². The molecule has 0 aliphatic rings. The van der Waals surface area contributed by atoms with Crippen molar-refractivity contribution in [2.45, 2.75) is 13.3 Å². The van der Waals surface area contributed by atoms with Crippen LogP contribution in [0, 0.1) is 0 Å². The van der Waals surface area contributed by atoms with E-state index in [1.165, 1.54) is 12.5 Å². The number of allylic oxidation sites excluding steroid dienone is 2. The van der Waals surface area contributed by atoms with Crippen LogP contribution in [0.2, 0.25) is 0 Å². The van der Waals surface area contributed by atoms with Gasteiger partial charge < -0.3 is 9.30 Å². The Labute approximate surface area is 162 Å². The average Bonchev–Trinajstić information content (AvgIpc) is 3.02. The number of rotatable bonds is 8. The number of hydrogen-bond acceptors (Lipinski definition) is 5. The second-order valence-corrected chi connectivity index (χ2v) is 9.66. The zero-order valence-corrected chi connectivity index (χ0v) is 17.3. The molecule has 0 spiro atoms. The van der Waals surface area contributed by atoms with Crippen LogP contribution in [-0.2, 0) is 20.6 Å². The van der Waals surface area contributed by atoms with Crippen LogP contribution in [-0.4, -0.2) is 47.9 Å². The van der Waals surface area contributed by atoms with Crippen LogP contribution in [0.5, 0.6) is 5.75 Å². The lowest BCUT2D eigenvalue weighted by Crippen LogP contribution is -2.09. The summed E-state index contributed by atoms with van der Waals surface area (Å²) in [6.45, 7) is 5.94. The molecule has 0 saturated heterocycles. The number of sulfone groups is 1. The van der Waals surface area contributed by atoms with Gasteiger partial charge in [-0.3, -0.25) is 4.21 Å². The van der Waals surface area contributed by atoms with Gasteiger partial charge in [0.2, 0.25) is 0 Å². The zero-order chi connectivity index (χ0) is 20.0. The van der Waals surface area contributed by atoms with Gasteiger partial charge >= 0.3 is 0 Å². The first kappa shape index (κ1) is 21.1. The molecule has 1 unspecified atom stereocenters.